The van der Waals surface area contributed by atoms with Crippen molar-refractivity contribution in [3.63, 3.8) is 0 Å². The zero-order chi connectivity index (χ0) is 24.9. The third kappa shape index (κ3) is 7.61. The molecule has 0 radical (unpaired) electrons. The van der Waals surface area contributed by atoms with Crippen molar-refractivity contribution >= 4 is 40.3 Å². The van der Waals surface area contributed by atoms with Gasteiger partial charge in [0.25, 0.3) is 5.69 Å². The Morgan fingerprint density at radius 1 is 1.22 bits per heavy atom. The summed E-state index contributed by atoms with van der Waals surface area (Å²) in [6.45, 7) is 1.21. The quantitative estimate of drug-likeness (QED) is 0.254. The Morgan fingerprint density at radius 3 is 2.00 bits per heavy atom. The zero-order valence-corrected chi connectivity index (χ0v) is 18.2. The van der Waals surface area contributed by atoms with Gasteiger partial charge in [-0.3, -0.25) is 14.9 Å². The highest BCUT2D eigenvalue weighted by Gasteiger charge is 2.44. The van der Waals surface area contributed by atoms with E-state index in [0.717, 1.165) is 24.3 Å². The molecule has 3 N–H and O–H groups in total. The van der Waals surface area contributed by atoms with Crippen molar-refractivity contribution in [1.29, 1.82) is 0 Å². The maximum Gasteiger partial charge on any atom is 0.490 e. The minimum Gasteiger partial charge on any atom is -0.480 e. The van der Waals surface area contributed by atoms with Crippen LogP contribution in [0.1, 0.15) is 12.8 Å². The van der Waals surface area contributed by atoms with E-state index in [4.69, 9.17) is 9.90 Å². The second-order valence-corrected chi connectivity index (χ2v) is 9.46. The number of halogens is 3. The maximum atomic E-state index is 12.5. The van der Waals surface area contributed by atoms with E-state index in [1.807, 2.05) is 11.9 Å². The Bertz CT molecular complexity index is 946. The number of piperidine rings is 1. The number of thiol groups is 1. The van der Waals surface area contributed by atoms with Gasteiger partial charge in [-0.15, -0.1) is 0 Å². The molecular weight excluding hydrogens is 483 g/mol. The van der Waals surface area contributed by atoms with Gasteiger partial charge < -0.3 is 15.1 Å². The fourth-order valence-electron chi connectivity index (χ4n) is 2.65. The topological polar surface area (TPSA) is 167 Å². The molecule has 0 spiro atoms. The van der Waals surface area contributed by atoms with Crippen molar-refractivity contribution in [2.24, 2.45) is 0 Å². The van der Waals surface area contributed by atoms with Gasteiger partial charge in [-0.1, -0.05) is 0 Å². The molecule has 11 nitrogen and oxygen atoms in total. The standard InChI is InChI=1S/C14H19N3O6S2.C2HF3O2/c1-16-8-6-14(24,7-9-16)12(13(18)19)15-25(22,23)11-4-2-10(3-5-11)17(20)21;3-2(4,5)1(6)7/h2-5,12,15,24H,6-9H2,1H3,(H,18,19);(H,6,7)/t12-;/m1./s1. The first-order chi connectivity index (χ1) is 14.5. The van der Waals surface area contributed by atoms with E-state index >= 15 is 0 Å². The molecular formula is C16H20F3N3O8S2. The van der Waals surface area contributed by atoms with E-state index in [9.17, 15) is 41.6 Å². The summed E-state index contributed by atoms with van der Waals surface area (Å²) in [4.78, 5) is 32.3. The number of likely N-dealkylation sites (tertiary alicyclic amines) is 1. The van der Waals surface area contributed by atoms with Gasteiger partial charge in [-0.2, -0.15) is 30.5 Å². The number of hydrogen-bond acceptors (Lipinski definition) is 8. The summed E-state index contributed by atoms with van der Waals surface area (Å²) in [5.41, 5.74) is -0.255. The summed E-state index contributed by atoms with van der Waals surface area (Å²) in [6.07, 6.45) is -4.27. The number of benzene rings is 1. The van der Waals surface area contributed by atoms with Crippen LogP contribution in [0.5, 0.6) is 0 Å². The maximum absolute atomic E-state index is 12.5. The lowest BCUT2D eigenvalue weighted by atomic mass is 9.89. The van der Waals surface area contributed by atoms with Gasteiger partial charge in [0.1, 0.15) is 6.04 Å². The predicted molar refractivity (Wildman–Crippen MR) is 107 cm³/mol. The zero-order valence-electron chi connectivity index (χ0n) is 16.4. The number of carbonyl (C=O) groups is 2. The van der Waals surface area contributed by atoms with Gasteiger partial charge in [0.05, 0.1) is 9.82 Å². The van der Waals surface area contributed by atoms with Crippen molar-refractivity contribution < 1.29 is 46.3 Å². The summed E-state index contributed by atoms with van der Waals surface area (Å²) < 4.78 is 57.9. The second-order valence-electron chi connectivity index (χ2n) is 6.85. The molecule has 1 atom stereocenters. The molecule has 180 valence electrons. The monoisotopic (exact) mass is 503 g/mol. The lowest BCUT2D eigenvalue weighted by molar-refractivity contribution is -0.384. The molecule has 1 fully saturated rings. The molecule has 2 rings (SSSR count). The van der Waals surface area contributed by atoms with E-state index in [2.05, 4.69) is 17.4 Å². The largest absolute Gasteiger partial charge is 0.490 e. The molecule has 0 amide bonds. The van der Waals surface area contributed by atoms with Crippen LogP contribution in [0.2, 0.25) is 0 Å². The highest BCUT2D eigenvalue weighted by Crippen LogP contribution is 2.33. The third-order valence-corrected chi connectivity index (χ3v) is 6.65. The summed E-state index contributed by atoms with van der Waals surface area (Å²) >= 11 is 4.47. The van der Waals surface area contributed by atoms with E-state index < -0.39 is 43.9 Å². The Labute approximate surface area is 185 Å². The first kappa shape index (κ1) is 27.6. The van der Waals surface area contributed by atoms with Crippen molar-refractivity contribution in [2.75, 3.05) is 20.1 Å². The summed E-state index contributed by atoms with van der Waals surface area (Å²) in [6, 6.07) is 2.83. The molecule has 1 saturated heterocycles. The number of carboxylic acid groups (broad SMARTS) is 2. The molecule has 0 saturated carbocycles. The van der Waals surface area contributed by atoms with Crippen LogP contribution in [0.25, 0.3) is 0 Å². The fourth-order valence-corrected chi connectivity index (χ4v) is 4.38. The predicted octanol–water partition coefficient (Wildman–Crippen LogP) is 1.35. The number of carboxylic acids is 2. The lowest BCUT2D eigenvalue weighted by Crippen LogP contribution is -2.57. The average Bonchev–Trinajstić information content (AvgIpc) is 2.68. The normalized spacial score (nSPS) is 17.5. The van der Waals surface area contributed by atoms with Gasteiger partial charge in [0, 0.05) is 16.9 Å². The van der Waals surface area contributed by atoms with Crippen LogP contribution in [0.15, 0.2) is 29.2 Å². The molecule has 16 heteroatoms. The van der Waals surface area contributed by atoms with Crippen LogP contribution in [0.4, 0.5) is 18.9 Å². The Hall–Kier alpha value is -2.43. The smallest absolute Gasteiger partial charge is 0.480 e. The molecule has 1 heterocycles. The minimum absolute atomic E-state index is 0.241. The minimum atomic E-state index is -5.08. The van der Waals surface area contributed by atoms with Crippen molar-refractivity contribution in [2.45, 2.75) is 34.7 Å². The molecule has 1 aromatic carbocycles. The van der Waals surface area contributed by atoms with E-state index in [0.29, 0.717) is 25.9 Å². The molecule has 1 aliphatic heterocycles. The molecule has 0 aliphatic carbocycles. The third-order valence-electron chi connectivity index (χ3n) is 4.51. The van der Waals surface area contributed by atoms with Crippen molar-refractivity contribution in [1.82, 2.24) is 9.62 Å². The molecule has 0 bridgehead atoms. The van der Waals surface area contributed by atoms with E-state index in [1.165, 1.54) is 0 Å². The number of rotatable bonds is 6. The number of alkyl halides is 3. The van der Waals surface area contributed by atoms with Gasteiger partial charge in [0.15, 0.2) is 0 Å². The van der Waals surface area contributed by atoms with Crippen molar-refractivity contribution in [3.8, 4) is 0 Å². The van der Waals surface area contributed by atoms with Crippen LogP contribution in [0.3, 0.4) is 0 Å². The number of aliphatic carboxylic acids is 2. The molecule has 32 heavy (non-hydrogen) atoms. The lowest BCUT2D eigenvalue weighted by Gasteiger charge is -2.40. The van der Waals surface area contributed by atoms with Crippen LogP contribution >= 0.6 is 12.6 Å². The molecule has 0 unspecified atom stereocenters. The molecule has 1 aliphatic rings. The van der Waals surface area contributed by atoms with Gasteiger partial charge in [-0.25, -0.2) is 13.2 Å². The second kappa shape index (κ2) is 10.5. The fraction of sp³-hybridized carbons (Fsp3) is 0.500. The number of nitrogens with one attached hydrogen (secondary N) is 1. The SMILES string of the molecule is CN1CCC(S)([C@H](NS(=O)(=O)c2ccc([N+](=O)[O-])cc2)C(=O)O)CC1.O=C(O)C(F)(F)F. The first-order valence-corrected chi connectivity index (χ1v) is 10.6. The Morgan fingerprint density at radius 2 is 1.66 bits per heavy atom. The number of nitrogens with zero attached hydrogens (tertiary/aromatic N) is 2. The number of hydrogen-bond donors (Lipinski definition) is 4. The van der Waals surface area contributed by atoms with Gasteiger partial charge in [0.2, 0.25) is 10.0 Å². The highest BCUT2D eigenvalue weighted by molar-refractivity contribution is 7.89. The number of nitro benzene ring substituents is 1. The number of nitro groups is 1. The highest BCUT2D eigenvalue weighted by atomic mass is 32.2. The van der Waals surface area contributed by atoms with E-state index in [-0.39, 0.29) is 10.6 Å². The molecule has 0 aromatic heterocycles. The van der Waals surface area contributed by atoms with Crippen LogP contribution < -0.4 is 4.72 Å². The average molecular weight is 503 g/mol. The number of sulfonamides is 1. The first-order valence-electron chi connectivity index (χ1n) is 8.70. The van der Waals surface area contributed by atoms with Gasteiger partial charge >= 0.3 is 18.1 Å². The van der Waals surface area contributed by atoms with E-state index in [1.54, 1.807) is 0 Å². The van der Waals surface area contributed by atoms with Crippen LogP contribution in [-0.2, 0) is 19.6 Å². The van der Waals surface area contributed by atoms with Crippen molar-refractivity contribution in [3.05, 3.63) is 34.4 Å². The Balaban J connectivity index is 0.000000633. The number of non-ortho nitro benzene ring substituents is 1. The summed E-state index contributed by atoms with van der Waals surface area (Å²) in [5, 5.41) is 27.3. The molecule has 1 aromatic rings. The summed E-state index contributed by atoms with van der Waals surface area (Å²) in [5.74, 6) is -4.07. The van der Waals surface area contributed by atoms with Crippen LogP contribution in [0, 0.1) is 10.1 Å². The van der Waals surface area contributed by atoms with Crippen LogP contribution in [-0.4, -0.2) is 77.5 Å². The summed E-state index contributed by atoms with van der Waals surface area (Å²) in [7, 11) is -2.27. The van der Waals surface area contributed by atoms with Gasteiger partial charge in [-0.05, 0) is 45.1 Å². The Kier molecular flexibility index (Phi) is 9.02.